The van der Waals surface area contributed by atoms with Gasteiger partial charge < -0.3 is 19.9 Å². The molecule has 124 valence electrons. The van der Waals surface area contributed by atoms with Gasteiger partial charge in [0.25, 0.3) is 0 Å². The minimum atomic E-state index is 0.0572. The molecule has 1 unspecified atom stereocenters. The van der Waals surface area contributed by atoms with Gasteiger partial charge in [-0.05, 0) is 48.2 Å². The Balaban J connectivity index is 2.16. The van der Waals surface area contributed by atoms with Gasteiger partial charge in [0.2, 0.25) is 0 Å². The maximum absolute atomic E-state index is 9.41. The molecule has 0 fully saturated rings. The predicted molar refractivity (Wildman–Crippen MR) is 91.9 cm³/mol. The first kappa shape index (κ1) is 17.3. The molecule has 4 heteroatoms. The molecule has 0 aliphatic heterocycles. The Morgan fingerprint density at radius 2 is 1.65 bits per heavy atom. The molecule has 0 saturated carbocycles. The maximum atomic E-state index is 9.41. The second-order valence-electron chi connectivity index (χ2n) is 5.59. The summed E-state index contributed by atoms with van der Waals surface area (Å²) in [6, 6.07) is 12.1. The van der Waals surface area contributed by atoms with E-state index >= 15 is 0 Å². The molecule has 0 aliphatic carbocycles. The highest BCUT2D eigenvalue weighted by Crippen LogP contribution is 2.32. The fourth-order valence-electron chi connectivity index (χ4n) is 2.72. The van der Waals surface area contributed by atoms with Gasteiger partial charge in [-0.25, -0.2) is 0 Å². The quantitative estimate of drug-likeness (QED) is 0.822. The Morgan fingerprint density at radius 3 is 2.26 bits per heavy atom. The summed E-state index contributed by atoms with van der Waals surface area (Å²) in [6.07, 6.45) is 0. The van der Waals surface area contributed by atoms with Crippen molar-refractivity contribution in [2.24, 2.45) is 0 Å². The SMILES string of the molecule is COc1cc(C)c(C(C)NCc2ccccc2CO)cc1OC. The van der Waals surface area contributed by atoms with E-state index in [0.29, 0.717) is 6.54 Å². The highest BCUT2D eigenvalue weighted by Gasteiger charge is 2.14. The number of ether oxygens (including phenoxy) is 2. The number of rotatable bonds is 7. The van der Waals surface area contributed by atoms with Gasteiger partial charge in [0.05, 0.1) is 20.8 Å². The average Bonchev–Trinajstić information content (AvgIpc) is 2.59. The van der Waals surface area contributed by atoms with Crippen molar-refractivity contribution in [3.63, 3.8) is 0 Å². The van der Waals surface area contributed by atoms with Crippen LogP contribution in [0.25, 0.3) is 0 Å². The van der Waals surface area contributed by atoms with Crippen LogP contribution in [0.4, 0.5) is 0 Å². The van der Waals surface area contributed by atoms with E-state index in [0.717, 1.165) is 28.2 Å². The molecule has 23 heavy (non-hydrogen) atoms. The van der Waals surface area contributed by atoms with Gasteiger partial charge in [0.15, 0.2) is 11.5 Å². The second-order valence-corrected chi connectivity index (χ2v) is 5.59. The molecule has 0 bridgehead atoms. The lowest BCUT2D eigenvalue weighted by Crippen LogP contribution is -2.20. The lowest BCUT2D eigenvalue weighted by atomic mass is 10.0. The van der Waals surface area contributed by atoms with Crippen LogP contribution in [-0.2, 0) is 13.2 Å². The first-order chi connectivity index (χ1) is 11.1. The molecule has 0 spiro atoms. The van der Waals surface area contributed by atoms with Crippen LogP contribution in [0.3, 0.4) is 0 Å². The van der Waals surface area contributed by atoms with Gasteiger partial charge in [-0.2, -0.15) is 0 Å². The number of aliphatic hydroxyl groups is 1. The zero-order valence-electron chi connectivity index (χ0n) is 14.2. The van der Waals surface area contributed by atoms with Crippen molar-refractivity contribution in [1.29, 1.82) is 0 Å². The normalized spacial score (nSPS) is 12.0. The average molecular weight is 315 g/mol. The third kappa shape index (κ3) is 4.03. The van der Waals surface area contributed by atoms with Crippen molar-refractivity contribution in [2.75, 3.05) is 14.2 Å². The number of hydrogen-bond acceptors (Lipinski definition) is 4. The Hall–Kier alpha value is -2.04. The molecule has 2 aromatic rings. The van der Waals surface area contributed by atoms with Crippen molar-refractivity contribution in [3.8, 4) is 11.5 Å². The molecule has 2 aromatic carbocycles. The van der Waals surface area contributed by atoms with Crippen LogP contribution in [0.15, 0.2) is 36.4 Å². The molecule has 0 saturated heterocycles. The van der Waals surface area contributed by atoms with Crippen molar-refractivity contribution >= 4 is 0 Å². The standard InChI is InChI=1S/C19H25NO3/c1-13-9-18(22-3)19(23-4)10-17(13)14(2)20-11-15-7-5-6-8-16(15)12-21/h5-10,14,20-21H,11-12H2,1-4H3. The molecule has 0 amide bonds. The van der Waals surface area contributed by atoms with Crippen molar-refractivity contribution in [2.45, 2.75) is 33.0 Å². The minimum absolute atomic E-state index is 0.0572. The monoisotopic (exact) mass is 315 g/mol. The third-order valence-electron chi connectivity index (χ3n) is 4.13. The second kappa shape index (κ2) is 7.99. The molecule has 2 rings (SSSR count). The summed E-state index contributed by atoms with van der Waals surface area (Å²) in [7, 11) is 3.29. The van der Waals surface area contributed by atoms with Crippen LogP contribution in [-0.4, -0.2) is 19.3 Å². The van der Waals surface area contributed by atoms with Crippen molar-refractivity contribution < 1.29 is 14.6 Å². The van der Waals surface area contributed by atoms with Gasteiger partial charge in [-0.3, -0.25) is 0 Å². The van der Waals surface area contributed by atoms with E-state index < -0.39 is 0 Å². The molecule has 0 aromatic heterocycles. The summed E-state index contributed by atoms with van der Waals surface area (Å²) in [5.74, 6) is 1.48. The van der Waals surface area contributed by atoms with Crippen molar-refractivity contribution in [3.05, 3.63) is 58.7 Å². The van der Waals surface area contributed by atoms with E-state index in [-0.39, 0.29) is 12.6 Å². The van der Waals surface area contributed by atoms with Gasteiger partial charge in [-0.1, -0.05) is 24.3 Å². The Bertz CT molecular complexity index is 655. The fraction of sp³-hybridized carbons (Fsp3) is 0.368. The zero-order chi connectivity index (χ0) is 16.8. The summed E-state index contributed by atoms with van der Waals surface area (Å²) >= 11 is 0. The summed E-state index contributed by atoms with van der Waals surface area (Å²) in [5.41, 5.74) is 4.39. The molecular weight excluding hydrogens is 290 g/mol. The summed E-state index contributed by atoms with van der Waals surface area (Å²) in [6.45, 7) is 4.94. The minimum Gasteiger partial charge on any atom is -0.493 e. The van der Waals surface area contributed by atoms with E-state index in [2.05, 4.69) is 19.2 Å². The molecule has 2 N–H and O–H groups in total. The highest BCUT2D eigenvalue weighted by atomic mass is 16.5. The summed E-state index contributed by atoms with van der Waals surface area (Å²) in [5, 5.41) is 12.9. The highest BCUT2D eigenvalue weighted by molar-refractivity contribution is 5.48. The molecule has 1 atom stereocenters. The number of hydrogen-bond donors (Lipinski definition) is 2. The molecular formula is C19H25NO3. The van der Waals surface area contributed by atoms with Crippen LogP contribution in [0.2, 0.25) is 0 Å². The Labute approximate surface area is 138 Å². The van der Waals surface area contributed by atoms with Crippen LogP contribution in [0.1, 0.15) is 35.2 Å². The van der Waals surface area contributed by atoms with Gasteiger partial charge >= 0.3 is 0 Å². The number of methoxy groups -OCH3 is 2. The molecule has 0 aliphatic rings. The summed E-state index contributed by atoms with van der Waals surface area (Å²) in [4.78, 5) is 0. The smallest absolute Gasteiger partial charge is 0.161 e. The van der Waals surface area contributed by atoms with Crippen molar-refractivity contribution in [1.82, 2.24) is 5.32 Å². The van der Waals surface area contributed by atoms with Crippen LogP contribution >= 0.6 is 0 Å². The third-order valence-corrected chi connectivity index (χ3v) is 4.13. The number of nitrogens with one attached hydrogen (secondary N) is 1. The molecule has 0 radical (unpaired) electrons. The topological polar surface area (TPSA) is 50.7 Å². The number of aliphatic hydroxyl groups excluding tert-OH is 1. The molecule has 4 nitrogen and oxygen atoms in total. The lowest BCUT2D eigenvalue weighted by molar-refractivity contribution is 0.280. The van der Waals surface area contributed by atoms with Crippen LogP contribution in [0.5, 0.6) is 11.5 Å². The number of aryl methyl sites for hydroxylation is 1. The first-order valence-electron chi connectivity index (χ1n) is 7.74. The van der Waals surface area contributed by atoms with Crippen LogP contribution in [0, 0.1) is 6.92 Å². The largest absolute Gasteiger partial charge is 0.493 e. The van der Waals surface area contributed by atoms with E-state index in [1.54, 1.807) is 14.2 Å². The zero-order valence-corrected chi connectivity index (χ0v) is 14.2. The van der Waals surface area contributed by atoms with Gasteiger partial charge in [-0.15, -0.1) is 0 Å². The van der Waals surface area contributed by atoms with E-state index in [1.165, 1.54) is 5.56 Å². The maximum Gasteiger partial charge on any atom is 0.161 e. The predicted octanol–water partition coefficient (Wildman–Crippen LogP) is 3.36. The van der Waals surface area contributed by atoms with Gasteiger partial charge in [0.1, 0.15) is 0 Å². The Morgan fingerprint density at radius 1 is 1.04 bits per heavy atom. The van der Waals surface area contributed by atoms with Gasteiger partial charge in [0, 0.05) is 12.6 Å². The summed E-state index contributed by atoms with van der Waals surface area (Å²) < 4.78 is 10.7. The van der Waals surface area contributed by atoms with E-state index in [1.807, 2.05) is 36.4 Å². The lowest BCUT2D eigenvalue weighted by Gasteiger charge is -2.20. The van der Waals surface area contributed by atoms with Crippen LogP contribution < -0.4 is 14.8 Å². The van der Waals surface area contributed by atoms with E-state index in [9.17, 15) is 5.11 Å². The molecule has 0 heterocycles. The Kier molecular flexibility index (Phi) is 6.02. The number of benzene rings is 2. The van der Waals surface area contributed by atoms with E-state index in [4.69, 9.17) is 9.47 Å². The first-order valence-corrected chi connectivity index (χ1v) is 7.74. The fourth-order valence-corrected chi connectivity index (χ4v) is 2.72.